The van der Waals surface area contributed by atoms with E-state index in [0.717, 1.165) is 22.0 Å². The van der Waals surface area contributed by atoms with Crippen molar-refractivity contribution < 1.29 is 14.7 Å². The third-order valence-electron chi connectivity index (χ3n) is 5.19. The van der Waals surface area contributed by atoms with Crippen LogP contribution in [-0.4, -0.2) is 21.6 Å². The summed E-state index contributed by atoms with van der Waals surface area (Å²) >= 11 is 0. The van der Waals surface area contributed by atoms with Gasteiger partial charge in [0.25, 0.3) is 5.91 Å². The number of carbonyl (C=O) groups excluding carboxylic acids is 1. The van der Waals surface area contributed by atoms with E-state index in [0.29, 0.717) is 24.7 Å². The molecule has 0 aliphatic heterocycles. The second kappa shape index (κ2) is 8.35. The Balaban J connectivity index is 1.91. The molecule has 1 aromatic heterocycles. The van der Waals surface area contributed by atoms with E-state index in [2.05, 4.69) is 43.9 Å². The SMILES string of the molecule is C=CCn1c(C(=O)NCc2ccc(C(=O)O)cc2)c(C)c2cc(C(C)C)ccc21. The summed E-state index contributed by atoms with van der Waals surface area (Å²) in [7, 11) is 0. The Morgan fingerprint density at radius 2 is 1.86 bits per heavy atom. The van der Waals surface area contributed by atoms with E-state index in [1.165, 1.54) is 17.7 Å². The summed E-state index contributed by atoms with van der Waals surface area (Å²) in [6.07, 6.45) is 1.79. The maximum absolute atomic E-state index is 13.0. The van der Waals surface area contributed by atoms with Crippen LogP contribution in [0.4, 0.5) is 0 Å². The van der Waals surface area contributed by atoms with Crippen molar-refractivity contribution in [2.75, 3.05) is 0 Å². The second-order valence-electron chi connectivity index (χ2n) is 7.49. The lowest BCUT2D eigenvalue weighted by Gasteiger charge is -2.11. The number of aryl methyl sites for hydroxylation is 1. The first-order valence-electron chi connectivity index (χ1n) is 9.67. The molecule has 29 heavy (non-hydrogen) atoms. The summed E-state index contributed by atoms with van der Waals surface area (Å²) in [5, 5.41) is 13.0. The molecule has 3 aromatic rings. The summed E-state index contributed by atoms with van der Waals surface area (Å²) in [6, 6.07) is 12.8. The Morgan fingerprint density at radius 3 is 2.45 bits per heavy atom. The molecule has 0 saturated heterocycles. The molecule has 3 rings (SSSR count). The molecule has 1 heterocycles. The molecule has 0 spiro atoms. The van der Waals surface area contributed by atoms with Gasteiger partial charge in [0.2, 0.25) is 0 Å². The zero-order valence-electron chi connectivity index (χ0n) is 17.0. The minimum atomic E-state index is -0.967. The van der Waals surface area contributed by atoms with Crippen molar-refractivity contribution >= 4 is 22.8 Å². The van der Waals surface area contributed by atoms with Crippen LogP contribution in [0.15, 0.2) is 55.1 Å². The van der Waals surface area contributed by atoms with Gasteiger partial charge in [0.05, 0.1) is 5.56 Å². The molecule has 5 nitrogen and oxygen atoms in total. The number of carboxylic acids is 1. The molecule has 1 amide bonds. The molecule has 0 unspecified atom stereocenters. The highest BCUT2D eigenvalue weighted by molar-refractivity contribution is 6.01. The smallest absolute Gasteiger partial charge is 0.335 e. The van der Waals surface area contributed by atoms with Crippen molar-refractivity contribution in [3.05, 3.63) is 83.1 Å². The lowest BCUT2D eigenvalue weighted by molar-refractivity contribution is 0.0696. The minimum absolute atomic E-state index is 0.158. The van der Waals surface area contributed by atoms with Crippen molar-refractivity contribution in [1.82, 2.24) is 9.88 Å². The highest BCUT2D eigenvalue weighted by Crippen LogP contribution is 2.29. The number of nitrogens with zero attached hydrogens (tertiary/aromatic N) is 1. The fourth-order valence-electron chi connectivity index (χ4n) is 3.54. The number of nitrogens with one attached hydrogen (secondary N) is 1. The van der Waals surface area contributed by atoms with E-state index in [-0.39, 0.29) is 11.5 Å². The van der Waals surface area contributed by atoms with Gasteiger partial charge in [-0.1, -0.05) is 38.1 Å². The molecule has 0 aliphatic carbocycles. The summed E-state index contributed by atoms with van der Waals surface area (Å²) in [6.45, 7) is 11.0. The van der Waals surface area contributed by atoms with Crippen LogP contribution in [0.2, 0.25) is 0 Å². The van der Waals surface area contributed by atoms with Gasteiger partial charge in [-0.2, -0.15) is 0 Å². The van der Waals surface area contributed by atoms with Crippen LogP contribution in [-0.2, 0) is 13.1 Å². The van der Waals surface area contributed by atoms with Crippen LogP contribution in [0, 0.1) is 6.92 Å². The second-order valence-corrected chi connectivity index (χ2v) is 7.49. The molecule has 0 bridgehead atoms. The molecule has 0 atom stereocenters. The van der Waals surface area contributed by atoms with Crippen molar-refractivity contribution in [1.29, 1.82) is 0 Å². The Kier molecular flexibility index (Phi) is 5.87. The third-order valence-corrected chi connectivity index (χ3v) is 5.19. The summed E-state index contributed by atoms with van der Waals surface area (Å²) < 4.78 is 1.99. The number of allylic oxidation sites excluding steroid dienone is 1. The largest absolute Gasteiger partial charge is 0.478 e. The normalized spacial score (nSPS) is 11.0. The first-order valence-corrected chi connectivity index (χ1v) is 9.67. The van der Waals surface area contributed by atoms with Crippen molar-refractivity contribution in [3.63, 3.8) is 0 Å². The van der Waals surface area contributed by atoms with Crippen LogP contribution >= 0.6 is 0 Å². The average molecular weight is 390 g/mol. The summed E-state index contributed by atoms with van der Waals surface area (Å²) in [4.78, 5) is 24.0. The number of fused-ring (bicyclic) bond motifs is 1. The lowest BCUT2D eigenvalue weighted by Crippen LogP contribution is -2.26. The highest BCUT2D eigenvalue weighted by atomic mass is 16.4. The molecule has 150 valence electrons. The zero-order valence-corrected chi connectivity index (χ0v) is 17.0. The Bertz CT molecular complexity index is 1080. The number of carbonyl (C=O) groups is 2. The van der Waals surface area contributed by atoms with Gasteiger partial charge in [0.1, 0.15) is 5.69 Å². The van der Waals surface area contributed by atoms with Gasteiger partial charge in [-0.3, -0.25) is 4.79 Å². The van der Waals surface area contributed by atoms with E-state index < -0.39 is 5.97 Å². The molecule has 2 N–H and O–H groups in total. The Hall–Kier alpha value is -3.34. The Labute approximate surface area is 170 Å². The van der Waals surface area contributed by atoms with Gasteiger partial charge in [0, 0.05) is 24.0 Å². The number of aromatic nitrogens is 1. The molecular formula is C24H26N2O3. The first-order chi connectivity index (χ1) is 13.8. The monoisotopic (exact) mass is 390 g/mol. The standard InChI is InChI=1S/C24H26N2O3/c1-5-12-26-21-11-10-19(15(2)3)13-20(21)16(4)22(26)23(27)25-14-17-6-8-18(9-7-17)24(28)29/h5-11,13,15H,1,12,14H2,2-4H3,(H,25,27)(H,28,29). The lowest BCUT2D eigenvalue weighted by atomic mass is 10.0. The number of amides is 1. The number of rotatable bonds is 7. The highest BCUT2D eigenvalue weighted by Gasteiger charge is 2.20. The van der Waals surface area contributed by atoms with Crippen LogP contribution in [0.25, 0.3) is 10.9 Å². The maximum Gasteiger partial charge on any atom is 0.335 e. The van der Waals surface area contributed by atoms with Crippen molar-refractivity contribution in [2.24, 2.45) is 0 Å². The van der Waals surface area contributed by atoms with Gasteiger partial charge < -0.3 is 15.0 Å². The zero-order chi connectivity index (χ0) is 21.1. The quantitative estimate of drug-likeness (QED) is 0.565. The van der Waals surface area contributed by atoms with Gasteiger partial charge in [-0.15, -0.1) is 6.58 Å². The van der Waals surface area contributed by atoms with E-state index in [4.69, 9.17) is 5.11 Å². The predicted octanol–water partition coefficient (Wildman–Crippen LogP) is 4.89. The van der Waals surface area contributed by atoms with Crippen molar-refractivity contribution in [2.45, 2.75) is 39.8 Å². The maximum atomic E-state index is 13.0. The van der Waals surface area contributed by atoms with E-state index in [1.807, 2.05) is 11.5 Å². The molecule has 5 heteroatoms. The fraction of sp³-hybridized carbons (Fsp3) is 0.250. The molecular weight excluding hydrogens is 364 g/mol. The summed E-state index contributed by atoms with van der Waals surface area (Å²) in [5.41, 5.74) is 4.90. The first kappa shape index (κ1) is 20.4. The van der Waals surface area contributed by atoms with Crippen LogP contribution in [0.3, 0.4) is 0 Å². The van der Waals surface area contributed by atoms with Gasteiger partial charge in [0.15, 0.2) is 0 Å². The Morgan fingerprint density at radius 1 is 1.17 bits per heavy atom. The topological polar surface area (TPSA) is 71.3 Å². The fourth-order valence-corrected chi connectivity index (χ4v) is 3.54. The molecule has 2 aromatic carbocycles. The van der Waals surface area contributed by atoms with Crippen LogP contribution in [0.5, 0.6) is 0 Å². The summed E-state index contributed by atoms with van der Waals surface area (Å²) in [5.74, 6) is -0.715. The molecule has 0 aliphatic rings. The molecule has 0 fully saturated rings. The van der Waals surface area contributed by atoms with Gasteiger partial charge in [-0.25, -0.2) is 4.79 Å². The van der Waals surface area contributed by atoms with Crippen molar-refractivity contribution in [3.8, 4) is 0 Å². The molecule has 0 saturated carbocycles. The number of hydrogen-bond donors (Lipinski definition) is 2. The number of carboxylic acid groups (broad SMARTS) is 1. The minimum Gasteiger partial charge on any atom is -0.478 e. The number of benzene rings is 2. The third kappa shape index (κ3) is 4.09. The predicted molar refractivity (Wildman–Crippen MR) is 116 cm³/mol. The molecule has 0 radical (unpaired) electrons. The number of aromatic carboxylic acids is 1. The van der Waals surface area contributed by atoms with E-state index in [9.17, 15) is 9.59 Å². The average Bonchev–Trinajstić information content (AvgIpc) is 2.98. The van der Waals surface area contributed by atoms with Crippen LogP contribution in [0.1, 0.15) is 57.3 Å². The number of hydrogen-bond acceptors (Lipinski definition) is 2. The van der Waals surface area contributed by atoms with Crippen LogP contribution < -0.4 is 5.32 Å². The van der Waals surface area contributed by atoms with E-state index >= 15 is 0 Å². The van der Waals surface area contributed by atoms with Gasteiger partial charge in [-0.05, 0) is 53.8 Å². The van der Waals surface area contributed by atoms with E-state index in [1.54, 1.807) is 18.2 Å². The van der Waals surface area contributed by atoms with Gasteiger partial charge >= 0.3 is 5.97 Å².